The van der Waals surface area contributed by atoms with Gasteiger partial charge in [0.1, 0.15) is 12.0 Å². The van der Waals surface area contributed by atoms with E-state index in [1.807, 2.05) is 0 Å². The largest absolute Gasteiger partial charge is 0.429 e. The van der Waals surface area contributed by atoms with Crippen LogP contribution in [0.4, 0.5) is 0 Å². The lowest BCUT2D eigenvalue weighted by molar-refractivity contribution is -0.120. The SMILES string of the molecule is O=COc1ccc(C=O)cc1. The first-order valence-corrected chi connectivity index (χ1v) is 3.02. The maximum Gasteiger partial charge on any atom is 0.298 e. The second-order valence-corrected chi connectivity index (χ2v) is 1.90. The summed E-state index contributed by atoms with van der Waals surface area (Å²) >= 11 is 0. The standard InChI is InChI=1S/C8H6O3/c9-5-7-1-3-8(4-2-7)11-6-10/h1-6H. The molecule has 11 heavy (non-hydrogen) atoms. The lowest BCUT2D eigenvalue weighted by Crippen LogP contribution is -1.88. The van der Waals surface area contributed by atoms with Crippen LogP contribution < -0.4 is 4.74 Å². The molecule has 1 rings (SSSR count). The van der Waals surface area contributed by atoms with E-state index >= 15 is 0 Å². The van der Waals surface area contributed by atoms with Gasteiger partial charge in [-0.25, -0.2) is 0 Å². The van der Waals surface area contributed by atoms with Gasteiger partial charge in [0.15, 0.2) is 0 Å². The molecule has 0 saturated carbocycles. The van der Waals surface area contributed by atoms with E-state index in [1.54, 1.807) is 24.3 Å². The highest BCUT2D eigenvalue weighted by Crippen LogP contribution is 2.09. The normalized spacial score (nSPS) is 8.73. The second kappa shape index (κ2) is 3.51. The van der Waals surface area contributed by atoms with Gasteiger partial charge in [0.05, 0.1) is 0 Å². The third-order valence-corrected chi connectivity index (χ3v) is 1.20. The average molecular weight is 150 g/mol. The molecule has 0 radical (unpaired) electrons. The first-order valence-electron chi connectivity index (χ1n) is 3.02. The highest BCUT2D eigenvalue weighted by Gasteiger charge is 1.91. The quantitative estimate of drug-likeness (QED) is 0.604. The maximum absolute atomic E-state index is 10.2. The van der Waals surface area contributed by atoms with Crippen molar-refractivity contribution < 1.29 is 14.3 Å². The van der Waals surface area contributed by atoms with E-state index in [0.29, 0.717) is 17.8 Å². The van der Waals surface area contributed by atoms with Gasteiger partial charge in [0, 0.05) is 5.56 Å². The Hall–Kier alpha value is -1.64. The van der Waals surface area contributed by atoms with Crippen LogP contribution in [0.1, 0.15) is 10.4 Å². The second-order valence-electron chi connectivity index (χ2n) is 1.90. The molecule has 3 heteroatoms. The Labute approximate surface area is 63.6 Å². The van der Waals surface area contributed by atoms with Gasteiger partial charge in [0.2, 0.25) is 0 Å². The molecule has 1 aromatic rings. The molecule has 0 aliphatic carbocycles. The summed E-state index contributed by atoms with van der Waals surface area (Å²) < 4.78 is 4.51. The molecule has 0 spiro atoms. The number of hydrogen-bond acceptors (Lipinski definition) is 3. The van der Waals surface area contributed by atoms with Crippen molar-refractivity contribution in [3.05, 3.63) is 29.8 Å². The number of benzene rings is 1. The monoisotopic (exact) mass is 150 g/mol. The summed E-state index contributed by atoms with van der Waals surface area (Å²) in [5, 5.41) is 0. The molecular weight excluding hydrogens is 144 g/mol. The van der Waals surface area contributed by atoms with Gasteiger partial charge in [-0.1, -0.05) is 0 Å². The smallest absolute Gasteiger partial charge is 0.298 e. The van der Waals surface area contributed by atoms with Crippen LogP contribution in [-0.2, 0) is 4.79 Å². The maximum atomic E-state index is 10.2. The van der Waals surface area contributed by atoms with Crippen LogP contribution in [0.5, 0.6) is 5.75 Å². The molecule has 0 aliphatic rings. The van der Waals surface area contributed by atoms with Crippen molar-refractivity contribution in [2.24, 2.45) is 0 Å². The summed E-state index contributed by atoms with van der Waals surface area (Å²) in [6.07, 6.45) is 0.727. The molecule has 56 valence electrons. The molecule has 1 aromatic carbocycles. The number of ether oxygens (including phenoxy) is 1. The highest BCUT2D eigenvalue weighted by molar-refractivity contribution is 5.74. The molecule has 0 fully saturated rings. The summed E-state index contributed by atoms with van der Waals surface area (Å²) in [6, 6.07) is 6.26. The zero-order valence-electron chi connectivity index (χ0n) is 5.69. The lowest BCUT2D eigenvalue weighted by Gasteiger charge is -1.95. The molecule has 0 atom stereocenters. The predicted octanol–water partition coefficient (Wildman–Crippen LogP) is 1.03. The number of carbonyl (C=O) groups is 2. The van der Waals surface area contributed by atoms with Gasteiger partial charge in [-0.15, -0.1) is 0 Å². The van der Waals surface area contributed by atoms with Crippen molar-refractivity contribution in [3.8, 4) is 5.75 Å². The van der Waals surface area contributed by atoms with E-state index in [4.69, 9.17) is 0 Å². The van der Waals surface area contributed by atoms with Crippen molar-refractivity contribution in [2.75, 3.05) is 0 Å². The Bertz CT molecular complexity index is 251. The van der Waals surface area contributed by atoms with Crippen LogP contribution in [0.2, 0.25) is 0 Å². The van der Waals surface area contributed by atoms with Crippen LogP contribution in [-0.4, -0.2) is 12.8 Å². The topological polar surface area (TPSA) is 43.4 Å². The van der Waals surface area contributed by atoms with Crippen molar-refractivity contribution >= 4 is 12.8 Å². The summed E-state index contributed by atoms with van der Waals surface area (Å²) in [5.41, 5.74) is 0.559. The van der Waals surface area contributed by atoms with Gasteiger partial charge in [-0.3, -0.25) is 9.59 Å². The molecule has 0 bridgehead atoms. The van der Waals surface area contributed by atoms with E-state index in [0.717, 1.165) is 6.29 Å². The van der Waals surface area contributed by atoms with E-state index in [2.05, 4.69) is 4.74 Å². The Balaban J connectivity index is 2.81. The zero-order chi connectivity index (χ0) is 8.10. The lowest BCUT2D eigenvalue weighted by atomic mass is 10.2. The summed E-state index contributed by atoms with van der Waals surface area (Å²) in [4.78, 5) is 20.0. The van der Waals surface area contributed by atoms with Crippen LogP contribution in [0, 0.1) is 0 Å². The molecule has 0 amide bonds. The average Bonchev–Trinajstić information content (AvgIpc) is 2.07. The van der Waals surface area contributed by atoms with Crippen LogP contribution in [0.3, 0.4) is 0 Å². The minimum absolute atomic E-state index is 0.343. The molecule has 3 nitrogen and oxygen atoms in total. The molecule has 0 aliphatic heterocycles. The van der Waals surface area contributed by atoms with Crippen molar-refractivity contribution in [1.29, 1.82) is 0 Å². The van der Waals surface area contributed by atoms with Crippen LogP contribution in [0.25, 0.3) is 0 Å². The Morgan fingerprint density at radius 2 is 1.73 bits per heavy atom. The molecule has 0 aromatic heterocycles. The van der Waals surface area contributed by atoms with Gasteiger partial charge in [-0.05, 0) is 24.3 Å². The first-order chi connectivity index (χ1) is 5.36. The molecule has 0 N–H and O–H groups in total. The fourth-order valence-electron chi connectivity index (χ4n) is 0.681. The molecule has 0 heterocycles. The number of rotatable bonds is 3. The van der Waals surface area contributed by atoms with Crippen LogP contribution in [0.15, 0.2) is 24.3 Å². The number of carbonyl (C=O) groups excluding carboxylic acids is 2. The predicted molar refractivity (Wildman–Crippen MR) is 38.5 cm³/mol. The van der Waals surface area contributed by atoms with Crippen molar-refractivity contribution in [1.82, 2.24) is 0 Å². The number of hydrogen-bond donors (Lipinski definition) is 0. The Morgan fingerprint density at radius 3 is 2.18 bits per heavy atom. The number of aldehydes is 1. The summed E-state index contributed by atoms with van der Waals surface area (Å²) in [7, 11) is 0. The van der Waals surface area contributed by atoms with Gasteiger partial charge >= 0.3 is 0 Å². The first kappa shape index (κ1) is 7.47. The Morgan fingerprint density at radius 1 is 1.09 bits per heavy atom. The van der Waals surface area contributed by atoms with E-state index in [1.165, 1.54) is 0 Å². The van der Waals surface area contributed by atoms with E-state index < -0.39 is 0 Å². The van der Waals surface area contributed by atoms with Crippen molar-refractivity contribution in [2.45, 2.75) is 0 Å². The minimum Gasteiger partial charge on any atom is -0.429 e. The molecule has 0 unspecified atom stereocenters. The zero-order valence-corrected chi connectivity index (χ0v) is 5.69. The van der Waals surface area contributed by atoms with Gasteiger partial charge < -0.3 is 4.74 Å². The highest BCUT2D eigenvalue weighted by atomic mass is 16.5. The summed E-state index contributed by atoms with van der Waals surface area (Å²) in [6.45, 7) is 0.343. The van der Waals surface area contributed by atoms with E-state index in [9.17, 15) is 9.59 Å². The van der Waals surface area contributed by atoms with Gasteiger partial charge in [0.25, 0.3) is 6.47 Å². The molecule has 0 saturated heterocycles. The molecular formula is C8H6O3. The fraction of sp³-hybridized carbons (Fsp3) is 0. The van der Waals surface area contributed by atoms with Crippen LogP contribution >= 0.6 is 0 Å². The van der Waals surface area contributed by atoms with Gasteiger partial charge in [-0.2, -0.15) is 0 Å². The summed E-state index contributed by atoms with van der Waals surface area (Å²) in [5.74, 6) is 0.436. The third-order valence-electron chi connectivity index (χ3n) is 1.20. The Kier molecular flexibility index (Phi) is 2.38. The third kappa shape index (κ3) is 1.89. The van der Waals surface area contributed by atoms with Crippen molar-refractivity contribution in [3.63, 3.8) is 0 Å². The van der Waals surface area contributed by atoms with E-state index in [-0.39, 0.29) is 0 Å². The fourth-order valence-corrected chi connectivity index (χ4v) is 0.681. The minimum atomic E-state index is 0.343.